The number of amides is 2. The van der Waals surface area contributed by atoms with Crippen LogP contribution in [0.1, 0.15) is 50.9 Å². The first-order chi connectivity index (χ1) is 15.5. The van der Waals surface area contributed by atoms with E-state index in [2.05, 4.69) is 4.98 Å². The van der Waals surface area contributed by atoms with Crippen LogP contribution in [0.2, 0.25) is 0 Å². The predicted molar refractivity (Wildman–Crippen MR) is 116 cm³/mol. The zero-order valence-electron chi connectivity index (χ0n) is 18.9. The van der Waals surface area contributed by atoms with Crippen molar-refractivity contribution in [2.45, 2.75) is 64.0 Å². The Balaban J connectivity index is 1.91. The summed E-state index contributed by atoms with van der Waals surface area (Å²) in [5.74, 6) is -1.91. The van der Waals surface area contributed by atoms with Crippen molar-refractivity contribution < 1.29 is 27.5 Å². The second-order valence-corrected chi connectivity index (χ2v) is 9.03. The van der Waals surface area contributed by atoms with Gasteiger partial charge in [-0.05, 0) is 51.3 Å². The van der Waals surface area contributed by atoms with Gasteiger partial charge in [-0.3, -0.25) is 9.78 Å². The lowest BCUT2D eigenvalue weighted by Crippen LogP contribution is -2.53. The van der Waals surface area contributed by atoms with Crippen LogP contribution in [0, 0.1) is 0 Å². The van der Waals surface area contributed by atoms with Crippen molar-refractivity contribution in [1.29, 1.82) is 0 Å². The number of piperidine rings is 1. The van der Waals surface area contributed by atoms with Crippen LogP contribution in [-0.4, -0.2) is 51.1 Å². The van der Waals surface area contributed by atoms with Crippen LogP contribution in [0.5, 0.6) is 0 Å². The van der Waals surface area contributed by atoms with Gasteiger partial charge in [-0.1, -0.05) is 36.4 Å². The molecule has 0 spiro atoms. The van der Waals surface area contributed by atoms with Crippen molar-refractivity contribution in [2.24, 2.45) is 0 Å². The number of aromatic nitrogens is 1. The van der Waals surface area contributed by atoms with E-state index in [1.54, 1.807) is 51.1 Å². The van der Waals surface area contributed by atoms with Crippen LogP contribution in [-0.2, 0) is 16.1 Å². The standard InChI is InChI=1S/C24H28F3N3O3/c1-23(2,3)33-22(32)29-14-12-19(15-20(29)17-9-5-4-6-10-17)30(21(31)24(25,26)27)16-18-11-7-8-13-28-18/h4-11,13,19-20H,12,14-16H2,1-3H3/t19?,20-/m0/s1. The second kappa shape index (κ2) is 9.80. The molecule has 178 valence electrons. The quantitative estimate of drug-likeness (QED) is 0.632. The molecule has 9 heteroatoms. The molecule has 3 rings (SSSR count). The first-order valence-electron chi connectivity index (χ1n) is 10.8. The number of hydrogen-bond donors (Lipinski definition) is 0. The van der Waals surface area contributed by atoms with Gasteiger partial charge in [0.15, 0.2) is 0 Å². The molecule has 0 aliphatic carbocycles. The first-order valence-corrected chi connectivity index (χ1v) is 10.8. The highest BCUT2D eigenvalue weighted by atomic mass is 19.4. The Kier molecular flexibility index (Phi) is 7.29. The predicted octanol–water partition coefficient (Wildman–Crippen LogP) is 5.11. The Morgan fingerprint density at radius 2 is 1.76 bits per heavy atom. The van der Waals surface area contributed by atoms with Gasteiger partial charge in [0, 0.05) is 18.8 Å². The SMILES string of the molecule is CC(C)(C)OC(=O)N1CCC(N(Cc2ccccn2)C(=O)C(F)(F)F)C[C@H]1c1ccccc1. The third kappa shape index (κ3) is 6.46. The zero-order chi connectivity index (χ0) is 24.2. The van der Waals surface area contributed by atoms with Crippen molar-refractivity contribution in [1.82, 2.24) is 14.8 Å². The molecule has 1 unspecified atom stereocenters. The summed E-state index contributed by atoms with van der Waals surface area (Å²) >= 11 is 0. The number of ether oxygens (including phenoxy) is 1. The van der Waals surface area contributed by atoms with Gasteiger partial charge in [-0.2, -0.15) is 13.2 Å². The maximum atomic E-state index is 13.5. The van der Waals surface area contributed by atoms with E-state index in [4.69, 9.17) is 4.74 Å². The monoisotopic (exact) mass is 463 g/mol. The van der Waals surface area contributed by atoms with Crippen LogP contribution in [0.25, 0.3) is 0 Å². The van der Waals surface area contributed by atoms with Crippen LogP contribution in [0.15, 0.2) is 54.7 Å². The number of pyridine rings is 1. The van der Waals surface area contributed by atoms with E-state index < -0.39 is 35.9 Å². The zero-order valence-corrected chi connectivity index (χ0v) is 18.9. The molecule has 2 amide bonds. The maximum absolute atomic E-state index is 13.5. The van der Waals surface area contributed by atoms with Gasteiger partial charge < -0.3 is 14.5 Å². The normalized spacial score (nSPS) is 19.2. The number of carbonyl (C=O) groups is 2. The van der Waals surface area contributed by atoms with Gasteiger partial charge in [0.1, 0.15) is 5.60 Å². The first kappa shape index (κ1) is 24.5. The van der Waals surface area contributed by atoms with Gasteiger partial charge in [0.05, 0.1) is 18.3 Å². The average molecular weight is 464 g/mol. The maximum Gasteiger partial charge on any atom is 0.471 e. The van der Waals surface area contributed by atoms with Crippen molar-refractivity contribution in [3.63, 3.8) is 0 Å². The van der Waals surface area contributed by atoms with Gasteiger partial charge in [0.2, 0.25) is 0 Å². The van der Waals surface area contributed by atoms with Gasteiger partial charge in [-0.25, -0.2) is 4.79 Å². The topological polar surface area (TPSA) is 62.7 Å². The van der Waals surface area contributed by atoms with E-state index >= 15 is 0 Å². The number of halogens is 3. The summed E-state index contributed by atoms with van der Waals surface area (Å²) in [6, 6.07) is 12.7. The van der Waals surface area contributed by atoms with E-state index in [0.717, 1.165) is 10.5 Å². The third-order valence-electron chi connectivity index (χ3n) is 5.39. The molecule has 1 fully saturated rings. The van der Waals surface area contributed by atoms with E-state index in [9.17, 15) is 22.8 Å². The fraction of sp³-hybridized carbons (Fsp3) is 0.458. The van der Waals surface area contributed by atoms with Crippen molar-refractivity contribution >= 4 is 12.0 Å². The van der Waals surface area contributed by atoms with Crippen LogP contribution in [0.4, 0.5) is 18.0 Å². The lowest BCUT2D eigenvalue weighted by molar-refractivity contribution is -0.189. The number of benzene rings is 1. The number of nitrogens with zero attached hydrogens (tertiary/aromatic N) is 3. The fourth-order valence-electron chi connectivity index (χ4n) is 3.96. The minimum absolute atomic E-state index is 0.151. The molecule has 2 atom stereocenters. The Hall–Kier alpha value is -3.10. The number of alkyl halides is 3. The number of carbonyl (C=O) groups excluding carboxylic acids is 2. The van der Waals surface area contributed by atoms with Crippen molar-refractivity contribution in [2.75, 3.05) is 6.54 Å². The molecular weight excluding hydrogens is 435 g/mol. The highest BCUT2D eigenvalue weighted by Crippen LogP contribution is 2.36. The summed E-state index contributed by atoms with van der Waals surface area (Å²) in [4.78, 5) is 31.7. The van der Waals surface area contributed by atoms with Crippen LogP contribution >= 0.6 is 0 Å². The molecule has 33 heavy (non-hydrogen) atoms. The smallest absolute Gasteiger partial charge is 0.444 e. The number of rotatable bonds is 4. The third-order valence-corrected chi connectivity index (χ3v) is 5.39. The largest absolute Gasteiger partial charge is 0.471 e. The molecule has 1 aromatic carbocycles. The minimum atomic E-state index is -5.01. The average Bonchev–Trinajstić information content (AvgIpc) is 2.76. The van der Waals surface area contributed by atoms with E-state index in [1.807, 2.05) is 18.2 Å². The molecule has 0 saturated carbocycles. The van der Waals surface area contributed by atoms with E-state index in [-0.39, 0.29) is 25.9 Å². The number of likely N-dealkylation sites (tertiary alicyclic amines) is 1. The molecule has 1 aliphatic rings. The summed E-state index contributed by atoms with van der Waals surface area (Å²) in [5, 5.41) is 0. The minimum Gasteiger partial charge on any atom is -0.444 e. The second-order valence-electron chi connectivity index (χ2n) is 9.03. The Morgan fingerprint density at radius 3 is 2.33 bits per heavy atom. The summed E-state index contributed by atoms with van der Waals surface area (Å²) in [5.41, 5.74) is 0.415. The molecule has 1 aromatic heterocycles. The number of hydrogen-bond acceptors (Lipinski definition) is 4. The summed E-state index contributed by atoms with van der Waals surface area (Å²) in [7, 11) is 0. The molecule has 1 saturated heterocycles. The summed E-state index contributed by atoms with van der Waals surface area (Å²) in [6.07, 6.45) is -3.73. The molecule has 0 radical (unpaired) electrons. The molecule has 1 aliphatic heterocycles. The van der Waals surface area contributed by atoms with E-state index in [0.29, 0.717) is 5.69 Å². The fourth-order valence-corrected chi connectivity index (χ4v) is 3.96. The Labute approximate surface area is 191 Å². The van der Waals surface area contributed by atoms with Gasteiger partial charge in [-0.15, -0.1) is 0 Å². The highest BCUT2D eigenvalue weighted by Gasteiger charge is 2.47. The molecule has 2 heterocycles. The van der Waals surface area contributed by atoms with Crippen LogP contribution in [0.3, 0.4) is 0 Å². The molecule has 2 aromatic rings. The van der Waals surface area contributed by atoms with Gasteiger partial charge >= 0.3 is 18.2 Å². The molecular formula is C24H28F3N3O3. The van der Waals surface area contributed by atoms with Crippen molar-refractivity contribution in [3.8, 4) is 0 Å². The lowest BCUT2D eigenvalue weighted by Gasteiger charge is -2.43. The Bertz CT molecular complexity index is 946. The van der Waals surface area contributed by atoms with E-state index in [1.165, 1.54) is 11.1 Å². The Morgan fingerprint density at radius 1 is 1.09 bits per heavy atom. The molecule has 0 bridgehead atoms. The molecule has 6 nitrogen and oxygen atoms in total. The summed E-state index contributed by atoms with van der Waals surface area (Å²) in [6.45, 7) is 5.16. The highest BCUT2D eigenvalue weighted by molar-refractivity contribution is 5.82. The molecule has 0 N–H and O–H groups in total. The summed E-state index contributed by atoms with van der Waals surface area (Å²) < 4.78 is 46.0. The van der Waals surface area contributed by atoms with Crippen LogP contribution < -0.4 is 0 Å². The lowest BCUT2D eigenvalue weighted by atomic mass is 9.90. The van der Waals surface area contributed by atoms with Crippen molar-refractivity contribution in [3.05, 3.63) is 66.0 Å². The van der Waals surface area contributed by atoms with Gasteiger partial charge in [0.25, 0.3) is 0 Å².